The van der Waals surface area contributed by atoms with Gasteiger partial charge in [0.05, 0.1) is 12.5 Å². The number of ketones is 1. The van der Waals surface area contributed by atoms with Gasteiger partial charge in [0, 0.05) is 6.42 Å². The van der Waals surface area contributed by atoms with Gasteiger partial charge in [0.2, 0.25) is 5.91 Å². The zero-order chi connectivity index (χ0) is 12.1. The molecule has 1 amide bonds. The van der Waals surface area contributed by atoms with Gasteiger partial charge in [-0.05, 0) is 18.4 Å². The molecule has 17 heavy (non-hydrogen) atoms. The van der Waals surface area contributed by atoms with Crippen LogP contribution in [0.5, 0.6) is 0 Å². The molecular formula is C14H17NO2. The van der Waals surface area contributed by atoms with Crippen LogP contribution in [0.15, 0.2) is 30.3 Å². The molecule has 0 aliphatic heterocycles. The standard InChI is InChI=1S/C14H17NO2/c16-13-9-5-4-8-12(13)15-14(17)10-11-6-2-1-3-7-11/h1-3,6-7,12H,4-5,8-10H2,(H,15,17). The zero-order valence-electron chi connectivity index (χ0n) is 9.82. The number of nitrogens with one attached hydrogen (secondary N) is 1. The highest BCUT2D eigenvalue weighted by Crippen LogP contribution is 2.14. The Morgan fingerprint density at radius 2 is 2.00 bits per heavy atom. The second-order valence-corrected chi connectivity index (χ2v) is 4.49. The summed E-state index contributed by atoms with van der Waals surface area (Å²) in [5, 5.41) is 2.83. The van der Waals surface area contributed by atoms with Crippen molar-refractivity contribution in [3.63, 3.8) is 0 Å². The molecule has 1 atom stereocenters. The van der Waals surface area contributed by atoms with Crippen molar-refractivity contribution in [2.24, 2.45) is 0 Å². The van der Waals surface area contributed by atoms with Crippen LogP contribution < -0.4 is 5.32 Å². The van der Waals surface area contributed by atoms with Crippen molar-refractivity contribution >= 4 is 11.7 Å². The van der Waals surface area contributed by atoms with E-state index in [0.717, 1.165) is 24.8 Å². The van der Waals surface area contributed by atoms with Gasteiger partial charge in [0.1, 0.15) is 0 Å². The summed E-state index contributed by atoms with van der Waals surface area (Å²) >= 11 is 0. The molecule has 0 aromatic heterocycles. The first-order chi connectivity index (χ1) is 8.25. The van der Waals surface area contributed by atoms with E-state index in [1.807, 2.05) is 30.3 Å². The van der Waals surface area contributed by atoms with E-state index in [1.54, 1.807) is 0 Å². The molecule has 1 fully saturated rings. The van der Waals surface area contributed by atoms with E-state index in [-0.39, 0.29) is 17.7 Å². The van der Waals surface area contributed by atoms with Crippen LogP contribution in [0, 0.1) is 0 Å². The molecule has 0 bridgehead atoms. The highest BCUT2D eigenvalue weighted by atomic mass is 16.2. The summed E-state index contributed by atoms with van der Waals surface area (Å²) in [6.45, 7) is 0. The van der Waals surface area contributed by atoms with E-state index in [2.05, 4.69) is 5.32 Å². The second-order valence-electron chi connectivity index (χ2n) is 4.49. The van der Waals surface area contributed by atoms with Gasteiger partial charge < -0.3 is 5.32 Å². The molecule has 0 saturated heterocycles. The number of benzene rings is 1. The lowest BCUT2D eigenvalue weighted by Gasteiger charge is -2.21. The monoisotopic (exact) mass is 231 g/mol. The molecule has 1 unspecified atom stereocenters. The molecule has 1 aliphatic rings. The van der Waals surface area contributed by atoms with E-state index >= 15 is 0 Å². The van der Waals surface area contributed by atoms with Gasteiger partial charge >= 0.3 is 0 Å². The summed E-state index contributed by atoms with van der Waals surface area (Å²) in [6.07, 6.45) is 3.74. The molecule has 3 heteroatoms. The number of amides is 1. The maximum Gasteiger partial charge on any atom is 0.224 e. The molecule has 0 spiro atoms. The first-order valence-corrected chi connectivity index (χ1v) is 6.12. The van der Waals surface area contributed by atoms with Gasteiger partial charge in [-0.1, -0.05) is 36.8 Å². The van der Waals surface area contributed by atoms with Gasteiger partial charge in [-0.3, -0.25) is 9.59 Å². The van der Waals surface area contributed by atoms with Gasteiger partial charge in [-0.25, -0.2) is 0 Å². The minimum absolute atomic E-state index is 0.0588. The summed E-state index contributed by atoms with van der Waals surface area (Å²) in [5.41, 5.74) is 0.980. The Hall–Kier alpha value is -1.64. The van der Waals surface area contributed by atoms with Gasteiger partial charge in [0.15, 0.2) is 5.78 Å². The first kappa shape index (κ1) is 11.8. The van der Waals surface area contributed by atoms with E-state index in [4.69, 9.17) is 0 Å². The van der Waals surface area contributed by atoms with Crippen molar-refractivity contribution in [1.82, 2.24) is 5.32 Å². The second kappa shape index (κ2) is 5.62. The van der Waals surface area contributed by atoms with Crippen LogP contribution in [0.2, 0.25) is 0 Å². The SMILES string of the molecule is O=C(Cc1ccccc1)NC1CCCCC1=O. The fourth-order valence-corrected chi connectivity index (χ4v) is 2.16. The van der Waals surface area contributed by atoms with Crippen LogP contribution in [-0.4, -0.2) is 17.7 Å². The zero-order valence-corrected chi connectivity index (χ0v) is 9.82. The number of carbonyl (C=O) groups is 2. The number of hydrogen-bond donors (Lipinski definition) is 1. The molecule has 0 heterocycles. The molecular weight excluding hydrogens is 214 g/mol. The van der Waals surface area contributed by atoms with Crippen molar-refractivity contribution < 1.29 is 9.59 Å². The van der Waals surface area contributed by atoms with Crippen LogP contribution in [0.1, 0.15) is 31.2 Å². The molecule has 1 saturated carbocycles. The summed E-state index contributed by atoms with van der Waals surface area (Å²) in [7, 11) is 0. The first-order valence-electron chi connectivity index (χ1n) is 6.12. The normalized spacial score (nSPS) is 20.0. The number of hydrogen-bond acceptors (Lipinski definition) is 2. The molecule has 90 valence electrons. The van der Waals surface area contributed by atoms with E-state index < -0.39 is 0 Å². The van der Waals surface area contributed by atoms with Crippen LogP contribution in [0.4, 0.5) is 0 Å². The average Bonchev–Trinajstić information content (AvgIpc) is 2.33. The largest absolute Gasteiger partial charge is 0.346 e. The predicted octanol–water partition coefficient (Wildman–Crippen LogP) is 1.86. The Morgan fingerprint density at radius 1 is 1.24 bits per heavy atom. The lowest BCUT2D eigenvalue weighted by molar-refractivity contribution is -0.128. The smallest absolute Gasteiger partial charge is 0.224 e. The summed E-state index contributed by atoms with van der Waals surface area (Å²) in [4.78, 5) is 23.3. The topological polar surface area (TPSA) is 46.2 Å². The summed E-state index contributed by atoms with van der Waals surface area (Å²) in [5.74, 6) is 0.120. The Labute approximate surface area is 101 Å². The highest BCUT2D eigenvalue weighted by molar-refractivity contribution is 5.90. The number of carbonyl (C=O) groups excluding carboxylic acids is 2. The van der Waals surface area contributed by atoms with Crippen LogP contribution >= 0.6 is 0 Å². The maximum absolute atomic E-state index is 11.8. The molecule has 1 aliphatic carbocycles. The molecule has 3 nitrogen and oxygen atoms in total. The van der Waals surface area contributed by atoms with Gasteiger partial charge in [-0.2, -0.15) is 0 Å². The van der Waals surface area contributed by atoms with E-state index in [9.17, 15) is 9.59 Å². The van der Waals surface area contributed by atoms with Crippen molar-refractivity contribution in [2.45, 2.75) is 38.1 Å². The molecule has 0 radical (unpaired) electrons. The maximum atomic E-state index is 11.8. The van der Waals surface area contributed by atoms with E-state index in [0.29, 0.717) is 12.8 Å². The molecule has 2 rings (SSSR count). The Balaban J connectivity index is 1.87. The number of Topliss-reactive ketones (excluding diaryl/α,β-unsaturated/α-hetero) is 1. The van der Waals surface area contributed by atoms with Crippen molar-refractivity contribution in [1.29, 1.82) is 0 Å². The average molecular weight is 231 g/mol. The minimum Gasteiger partial charge on any atom is -0.346 e. The van der Waals surface area contributed by atoms with Gasteiger partial charge in [0.25, 0.3) is 0 Å². The summed E-state index contributed by atoms with van der Waals surface area (Å²) < 4.78 is 0. The lowest BCUT2D eigenvalue weighted by Crippen LogP contribution is -2.43. The number of rotatable bonds is 3. The Bertz CT molecular complexity index is 400. The third kappa shape index (κ3) is 3.41. The van der Waals surface area contributed by atoms with Gasteiger partial charge in [-0.15, -0.1) is 0 Å². The fraction of sp³-hybridized carbons (Fsp3) is 0.429. The highest BCUT2D eigenvalue weighted by Gasteiger charge is 2.23. The molecule has 1 aromatic rings. The van der Waals surface area contributed by atoms with Crippen LogP contribution in [-0.2, 0) is 16.0 Å². The van der Waals surface area contributed by atoms with Crippen molar-refractivity contribution in [3.05, 3.63) is 35.9 Å². The third-order valence-corrected chi connectivity index (χ3v) is 3.10. The minimum atomic E-state index is -0.250. The lowest BCUT2D eigenvalue weighted by atomic mass is 9.94. The third-order valence-electron chi connectivity index (χ3n) is 3.10. The van der Waals surface area contributed by atoms with Crippen LogP contribution in [0.25, 0.3) is 0 Å². The predicted molar refractivity (Wildman–Crippen MR) is 65.6 cm³/mol. The molecule has 1 aromatic carbocycles. The fourth-order valence-electron chi connectivity index (χ4n) is 2.16. The Kier molecular flexibility index (Phi) is 3.91. The van der Waals surface area contributed by atoms with Crippen LogP contribution in [0.3, 0.4) is 0 Å². The van der Waals surface area contributed by atoms with Crippen molar-refractivity contribution in [2.75, 3.05) is 0 Å². The van der Waals surface area contributed by atoms with E-state index in [1.165, 1.54) is 0 Å². The quantitative estimate of drug-likeness (QED) is 0.863. The molecule has 1 N–H and O–H groups in total. The Morgan fingerprint density at radius 3 is 2.71 bits per heavy atom. The van der Waals surface area contributed by atoms with Crippen molar-refractivity contribution in [3.8, 4) is 0 Å². The summed E-state index contributed by atoms with van der Waals surface area (Å²) in [6, 6.07) is 9.33.